The number of nitrogens with zero attached hydrogens (tertiary/aromatic N) is 6. The van der Waals surface area contributed by atoms with Gasteiger partial charge in [-0.05, 0) is 48.2 Å². The molecule has 3 heterocycles. The van der Waals surface area contributed by atoms with Crippen LogP contribution in [0.5, 0.6) is 0 Å². The molecule has 0 atom stereocenters. The van der Waals surface area contributed by atoms with Gasteiger partial charge in [0.2, 0.25) is 5.16 Å². The summed E-state index contributed by atoms with van der Waals surface area (Å²) in [6, 6.07) is 10.9. The van der Waals surface area contributed by atoms with Gasteiger partial charge in [0.05, 0.1) is 15.7 Å². The largest absolute Gasteiger partial charge is 0.270 e. The molecular formula is C17H10Cl2N6S. The lowest BCUT2D eigenvalue weighted by molar-refractivity contribution is 0.871. The number of hydrogen-bond donors (Lipinski definition) is 0. The van der Waals surface area contributed by atoms with Crippen LogP contribution in [0.3, 0.4) is 0 Å². The first-order valence-corrected chi connectivity index (χ1v) is 9.06. The molecule has 0 saturated heterocycles. The molecule has 0 spiro atoms. The van der Waals surface area contributed by atoms with Crippen molar-refractivity contribution in [2.24, 2.45) is 0 Å². The summed E-state index contributed by atoms with van der Waals surface area (Å²) in [6.07, 6.45) is 6.79. The predicted octanol–water partition coefficient (Wildman–Crippen LogP) is 4.58. The third-order valence-corrected chi connectivity index (χ3v) is 5.02. The van der Waals surface area contributed by atoms with E-state index in [0.717, 1.165) is 11.3 Å². The number of pyridine rings is 1. The van der Waals surface area contributed by atoms with E-state index in [1.165, 1.54) is 11.8 Å². The number of rotatable bonds is 4. The number of benzene rings is 1. The molecule has 0 aliphatic rings. The highest BCUT2D eigenvalue weighted by Gasteiger charge is 2.18. The van der Waals surface area contributed by atoms with E-state index in [-0.39, 0.29) is 0 Å². The van der Waals surface area contributed by atoms with Gasteiger partial charge >= 0.3 is 0 Å². The fourth-order valence-corrected chi connectivity index (χ4v) is 3.34. The number of hydrogen-bond acceptors (Lipinski definition) is 6. The molecule has 4 rings (SSSR count). The maximum absolute atomic E-state index is 6.21. The molecule has 0 N–H and O–H groups in total. The zero-order chi connectivity index (χ0) is 17.9. The average molecular weight is 401 g/mol. The zero-order valence-corrected chi connectivity index (χ0v) is 15.4. The van der Waals surface area contributed by atoms with Crippen molar-refractivity contribution in [1.29, 1.82) is 0 Å². The summed E-state index contributed by atoms with van der Waals surface area (Å²) in [7, 11) is 0. The average Bonchev–Trinajstić information content (AvgIpc) is 3.09. The second-order valence-electron chi connectivity index (χ2n) is 5.12. The summed E-state index contributed by atoms with van der Waals surface area (Å²) >= 11 is 13.6. The lowest BCUT2D eigenvalue weighted by Gasteiger charge is -2.10. The molecule has 26 heavy (non-hydrogen) atoms. The molecule has 0 bridgehead atoms. The quantitative estimate of drug-likeness (QED) is 0.467. The summed E-state index contributed by atoms with van der Waals surface area (Å²) in [6.45, 7) is 0. The van der Waals surface area contributed by atoms with Crippen LogP contribution in [-0.4, -0.2) is 29.7 Å². The minimum Gasteiger partial charge on any atom is -0.270 e. The molecule has 0 saturated carbocycles. The Morgan fingerprint density at radius 2 is 1.73 bits per heavy atom. The van der Waals surface area contributed by atoms with Crippen LogP contribution < -0.4 is 0 Å². The van der Waals surface area contributed by atoms with Crippen LogP contribution in [0, 0.1) is 0 Å². The third kappa shape index (κ3) is 3.41. The van der Waals surface area contributed by atoms with Crippen LogP contribution in [0.15, 0.2) is 71.5 Å². The van der Waals surface area contributed by atoms with Crippen LogP contribution >= 0.6 is 35.0 Å². The summed E-state index contributed by atoms with van der Waals surface area (Å²) in [4.78, 5) is 12.6. The standard InChI is InChI=1S/C17H10Cl2N6S/c18-13-5-4-12(9-14(13)19)25-15(11-3-1-6-20-10-11)23-24-17(25)26-16-21-7-2-8-22-16/h1-10H. The maximum atomic E-state index is 6.21. The van der Waals surface area contributed by atoms with Crippen LogP contribution in [0.4, 0.5) is 0 Å². The third-order valence-electron chi connectivity index (χ3n) is 3.44. The van der Waals surface area contributed by atoms with Crippen LogP contribution in [0.25, 0.3) is 17.1 Å². The lowest BCUT2D eigenvalue weighted by Crippen LogP contribution is -2.00. The lowest BCUT2D eigenvalue weighted by atomic mass is 10.2. The van der Waals surface area contributed by atoms with Crippen molar-refractivity contribution in [3.63, 3.8) is 0 Å². The van der Waals surface area contributed by atoms with Gasteiger partial charge in [-0.3, -0.25) is 9.55 Å². The smallest absolute Gasteiger partial charge is 0.203 e. The van der Waals surface area contributed by atoms with Gasteiger partial charge in [-0.2, -0.15) is 0 Å². The van der Waals surface area contributed by atoms with E-state index < -0.39 is 0 Å². The van der Waals surface area contributed by atoms with E-state index in [9.17, 15) is 0 Å². The molecule has 3 aromatic heterocycles. The molecule has 4 aromatic rings. The Hall–Kier alpha value is -2.48. The summed E-state index contributed by atoms with van der Waals surface area (Å²) in [5, 5.41) is 10.7. The zero-order valence-electron chi connectivity index (χ0n) is 13.1. The summed E-state index contributed by atoms with van der Waals surface area (Å²) < 4.78 is 1.88. The minimum atomic E-state index is 0.446. The van der Waals surface area contributed by atoms with Gasteiger partial charge in [0.15, 0.2) is 11.0 Å². The molecule has 0 radical (unpaired) electrons. The van der Waals surface area contributed by atoms with Crippen molar-refractivity contribution in [2.45, 2.75) is 10.3 Å². The Labute approximate surface area is 163 Å². The van der Waals surface area contributed by atoms with E-state index in [2.05, 4.69) is 25.1 Å². The van der Waals surface area contributed by atoms with Crippen molar-refractivity contribution in [1.82, 2.24) is 29.7 Å². The first-order valence-electron chi connectivity index (χ1n) is 7.48. The summed E-state index contributed by atoms with van der Waals surface area (Å²) in [5.41, 5.74) is 1.61. The van der Waals surface area contributed by atoms with E-state index in [1.807, 2.05) is 22.8 Å². The van der Waals surface area contributed by atoms with Gasteiger partial charge in [0, 0.05) is 30.4 Å². The van der Waals surface area contributed by atoms with Gasteiger partial charge in [-0.15, -0.1) is 10.2 Å². The SMILES string of the molecule is Clc1ccc(-n2c(Sc3ncccn3)nnc2-c2cccnc2)cc1Cl. The molecule has 9 heteroatoms. The van der Waals surface area contributed by atoms with E-state index in [0.29, 0.717) is 26.2 Å². The van der Waals surface area contributed by atoms with Gasteiger partial charge in [0.25, 0.3) is 0 Å². The molecule has 1 aromatic carbocycles. The number of aromatic nitrogens is 6. The highest BCUT2D eigenvalue weighted by Crippen LogP contribution is 2.32. The second-order valence-corrected chi connectivity index (χ2v) is 6.86. The first-order chi connectivity index (χ1) is 12.7. The van der Waals surface area contributed by atoms with Crippen LogP contribution in [-0.2, 0) is 0 Å². The van der Waals surface area contributed by atoms with Crippen LogP contribution in [0.2, 0.25) is 10.0 Å². The monoisotopic (exact) mass is 400 g/mol. The van der Waals surface area contributed by atoms with Crippen molar-refractivity contribution >= 4 is 35.0 Å². The van der Waals surface area contributed by atoms with Crippen molar-refractivity contribution in [3.8, 4) is 17.1 Å². The fourth-order valence-electron chi connectivity index (χ4n) is 2.29. The molecule has 0 aliphatic heterocycles. The van der Waals surface area contributed by atoms with Crippen molar-refractivity contribution in [2.75, 3.05) is 0 Å². The Morgan fingerprint density at radius 1 is 0.885 bits per heavy atom. The predicted molar refractivity (Wildman–Crippen MR) is 101 cm³/mol. The van der Waals surface area contributed by atoms with Gasteiger partial charge in [0.1, 0.15) is 0 Å². The van der Waals surface area contributed by atoms with Crippen molar-refractivity contribution in [3.05, 3.63) is 71.2 Å². The molecule has 0 aliphatic carbocycles. The highest BCUT2D eigenvalue weighted by atomic mass is 35.5. The molecule has 0 unspecified atom stereocenters. The highest BCUT2D eigenvalue weighted by molar-refractivity contribution is 7.99. The minimum absolute atomic E-state index is 0.446. The Kier molecular flexibility index (Phi) is 4.83. The number of halogens is 2. The van der Waals surface area contributed by atoms with E-state index in [1.54, 1.807) is 43.0 Å². The molecule has 128 valence electrons. The summed E-state index contributed by atoms with van der Waals surface area (Å²) in [5.74, 6) is 0.634. The first kappa shape index (κ1) is 17.0. The van der Waals surface area contributed by atoms with Gasteiger partial charge in [-0.25, -0.2) is 9.97 Å². The Bertz CT molecular complexity index is 1040. The molecule has 6 nitrogen and oxygen atoms in total. The topological polar surface area (TPSA) is 69.4 Å². The molecule has 0 amide bonds. The van der Waals surface area contributed by atoms with Gasteiger partial charge < -0.3 is 0 Å². The maximum Gasteiger partial charge on any atom is 0.203 e. The van der Waals surface area contributed by atoms with Crippen LogP contribution in [0.1, 0.15) is 0 Å². The normalized spacial score (nSPS) is 10.8. The fraction of sp³-hybridized carbons (Fsp3) is 0. The van der Waals surface area contributed by atoms with Gasteiger partial charge in [-0.1, -0.05) is 23.2 Å². The Morgan fingerprint density at radius 3 is 2.46 bits per heavy atom. The molecule has 0 fully saturated rings. The van der Waals surface area contributed by atoms with E-state index >= 15 is 0 Å². The van der Waals surface area contributed by atoms with Crippen molar-refractivity contribution < 1.29 is 0 Å². The Balaban J connectivity index is 1.87. The second kappa shape index (κ2) is 7.41. The molecular weight excluding hydrogens is 391 g/mol. The van der Waals surface area contributed by atoms with E-state index in [4.69, 9.17) is 23.2 Å².